The number of hydrogen-bond donors (Lipinski definition) is 3. The molecule has 1 aromatic rings. The molecule has 0 saturated heterocycles. The lowest BCUT2D eigenvalue weighted by Crippen LogP contribution is -2.40. The van der Waals surface area contributed by atoms with Gasteiger partial charge in [0.1, 0.15) is 0 Å². The maximum Gasteiger partial charge on any atom is 0.305 e. The van der Waals surface area contributed by atoms with Crippen molar-refractivity contribution < 1.29 is 14.7 Å². The zero-order valence-electron chi connectivity index (χ0n) is 10.8. The summed E-state index contributed by atoms with van der Waals surface area (Å²) < 4.78 is 0. The van der Waals surface area contributed by atoms with Gasteiger partial charge in [-0.05, 0) is 24.1 Å². The molecule has 0 bridgehead atoms. The monoisotopic (exact) mass is 284 g/mol. The Hall–Kier alpha value is -1.75. The molecule has 5 nitrogen and oxygen atoms in total. The second-order valence-corrected chi connectivity index (χ2v) is 5.13. The van der Waals surface area contributed by atoms with Crippen LogP contribution in [0.4, 0.5) is 5.69 Å². The summed E-state index contributed by atoms with van der Waals surface area (Å²) in [6.45, 7) is 3.69. The number of nitrogen functional groups attached to an aromatic ring is 1. The van der Waals surface area contributed by atoms with E-state index >= 15 is 0 Å². The van der Waals surface area contributed by atoms with Crippen molar-refractivity contribution in [1.82, 2.24) is 5.32 Å². The number of nitrogens with one attached hydrogen (secondary N) is 1. The van der Waals surface area contributed by atoms with E-state index in [2.05, 4.69) is 5.32 Å². The quantitative estimate of drug-likeness (QED) is 0.722. The van der Waals surface area contributed by atoms with Crippen molar-refractivity contribution in [3.05, 3.63) is 28.8 Å². The summed E-state index contributed by atoms with van der Waals surface area (Å²) in [5.41, 5.74) is 6.32. The first-order valence-electron chi connectivity index (χ1n) is 5.88. The summed E-state index contributed by atoms with van der Waals surface area (Å²) in [6, 6.07) is 4.09. The van der Waals surface area contributed by atoms with E-state index in [1.54, 1.807) is 0 Å². The lowest BCUT2D eigenvalue weighted by atomic mass is 10.0. The highest BCUT2D eigenvalue weighted by Gasteiger charge is 2.20. The van der Waals surface area contributed by atoms with Crippen molar-refractivity contribution >= 4 is 29.2 Å². The third-order valence-electron chi connectivity index (χ3n) is 2.70. The van der Waals surface area contributed by atoms with E-state index in [0.717, 1.165) is 0 Å². The first-order chi connectivity index (χ1) is 8.79. The highest BCUT2D eigenvalue weighted by atomic mass is 35.5. The number of benzene rings is 1. The molecule has 6 heteroatoms. The topological polar surface area (TPSA) is 92.4 Å². The van der Waals surface area contributed by atoms with E-state index in [-0.39, 0.29) is 18.2 Å². The van der Waals surface area contributed by atoms with E-state index in [9.17, 15) is 9.59 Å². The summed E-state index contributed by atoms with van der Waals surface area (Å²) in [6.07, 6.45) is -0.126. The smallest absolute Gasteiger partial charge is 0.305 e. The molecule has 1 rings (SSSR count). The standard InChI is InChI=1S/C13H17ClN2O3/c1-7(2)11(6-12(17)18)16-13(19)8-3-9(14)5-10(15)4-8/h3-5,7,11H,6,15H2,1-2H3,(H,16,19)(H,17,18). The average Bonchev–Trinajstić information content (AvgIpc) is 2.25. The highest BCUT2D eigenvalue weighted by molar-refractivity contribution is 6.31. The molecular weight excluding hydrogens is 268 g/mol. The Morgan fingerprint density at radius 1 is 1.37 bits per heavy atom. The summed E-state index contributed by atoms with van der Waals surface area (Å²) >= 11 is 5.82. The van der Waals surface area contributed by atoms with Gasteiger partial charge in [0.15, 0.2) is 0 Å². The molecule has 0 aliphatic rings. The number of nitrogens with two attached hydrogens (primary N) is 1. The van der Waals surface area contributed by atoms with Crippen molar-refractivity contribution in [3.63, 3.8) is 0 Å². The molecule has 0 radical (unpaired) electrons. The Kier molecular flexibility index (Phi) is 5.18. The van der Waals surface area contributed by atoms with Crippen molar-refractivity contribution in [2.24, 2.45) is 5.92 Å². The number of hydrogen-bond acceptors (Lipinski definition) is 3. The SMILES string of the molecule is CC(C)C(CC(=O)O)NC(=O)c1cc(N)cc(Cl)c1. The molecule has 0 aliphatic carbocycles. The van der Waals surface area contributed by atoms with Crippen LogP contribution in [0.2, 0.25) is 5.02 Å². The molecule has 0 heterocycles. The molecule has 0 aromatic heterocycles. The molecule has 1 atom stereocenters. The van der Waals surface area contributed by atoms with Crippen LogP contribution in [0.5, 0.6) is 0 Å². The van der Waals surface area contributed by atoms with Crippen LogP contribution in [0.25, 0.3) is 0 Å². The second-order valence-electron chi connectivity index (χ2n) is 4.70. The van der Waals surface area contributed by atoms with Gasteiger partial charge < -0.3 is 16.2 Å². The van der Waals surface area contributed by atoms with E-state index in [1.807, 2.05) is 13.8 Å². The van der Waals surface area contributed by atoms with Gasteiger partial charge in [0.25, 0.3) is 5.91 Å². The van der Waals surface area contributed by atoms with Crippen LogP contribution in [0, 0.1) is 5.92 Å². The number of anilines is 1. The number of carboxylic acids is 1. The van der Waals surface area contributed by atoms with Gasteiger partial charge in [-0.3, -0.25) is 9.59 Å². The predicted molar refractivity (Wildman–Crippen MR) is 74.2 cm³/mol. The lowest BCUT2D eigenvalue weighted by Gasteiger charge is -2.20. The normalized spacial score (nSPS) is 12.2. The van der Waals surface area contributed by atoms with Crippen LogP contribution < -0.4 is 11.1 Å². The van der Waals surface area contributed by atoms with Crippen LogP contribution in [0.15, 0.2) is 18.2 Å². The summed E-state index contributed by atoms with van der Waals surface area (Å²) in [7, 11) is 0. The minimum Gasteiger partial charge on any atom is -0.481 e. The van der Waals surface area contributed by atoms with Gasteiger partial charge >= 0.3 is 5.97 Å². The number of carbonyl (C=O) groups is 2. The Morgan fingerprint density at radius 2 is 2.00 bits per heavy atom. The van der Waals surface area contributed by atoms with E-state index in [1.165, 1.54) is 18.2 Å². The number of halogens is 1. The fourth-order valence-electron chi connectivity index (χ4n) is 1.64. The number of rotatable bonds is 5. The molecule has 0 saturated carbocycles. The fraction of sp³-hybridized carbons (Fsp3) is 0.385. The van der Waals surface area contributed by atoms with Crippen LogP contribution in [0.1, 0.15) is 30.6 Å². The van der Waals surface area contributed by atoms with Gasteiger partial charge in [-0.2, -0.15) is 0 Å². The maximum atomic E-state index is 12.0. The van der Waals surface area contributed by atoms with Crippen LogP contribution in [0.3, 0.4) is 0 Å². The van der Waals surface area contributed by atoms with E-state index in [4.69, 9.17) is 22.4 Å². The molecule has 1 unspecified atom stereocenters. The molecule has 0 fully saturated rings. The Balaban J connectivity index is 2.84. The van der Waals surface area contributed by atoms with Crippen molar-refractivity contribution in [2.45, 2.75) is 26.3 Å². The summed E-state index contributed by atoms with van der Waals surface area (Å²) in [5, 5.41) is 11.9. The Morgan fingerprint density at radius 3 is 2.47 bits per heavy atom. The molecule has 1 amide bonds. The van der Waals surface area contributed by atoms with Gasteiger partial charge in [-0.15, -0.1) is 0 Å². The third-order valence-corrected chi connectivity index (χ3v) is 2.92. The minimum atomic E-state index is -0.954. The largest absolute Gasteiger partial charge is 0.481 e. The number of amides is 1. The van der Waals surface area contributed by atoms with E-state index < -0.39 is 12.0 Å². The second kappa shape index (κ2) is 6.43. The predicted octanol–water partition coefficient (Wildman–Crippen LogP) is 2.15. The molecule has 1 aromatic carbocycles. The van der Waals surface area contributed by atoms with Crippen molar-refractivity contribution in [3.8, 4) is 0 Å². The van der Waals surface area contributed by atoms with Gasteiger partial charge in [-0.1, -0.05) is 25.4 Å². The van der Waals surface area contributed by atoms with Crippen LogP contribution in [-0.4, -0.2) is 23.0 Å². The number of carboxylic acid groups (broad SMARTS) is 1. The first-order valence-corrected chi connectivity index (χ1v) is 6.26. The molecule has 4 N–H and O–H groups in total. The van der Waals surface area contributed by atoms with E-state index in [0.29, 0.717) is 16.3 Å². The average molecular weight is 285 g/mol. The Bertz CT molecular complexity index is 469. The fourth-order valence-corrected chi connectivity index (χ4v) is 1.88. The maximum absolute atomic E-state index is 12.0. The van der Waals surface area contributed by atoms with Crippen LogP contribution >= 0.6 is 11.6 Å². The van der Waals surface area contributed by atoms with Gasteiger partial charge in [0.2, 0.25) is 0 Å². The molecule has 104 valence electrons. The molecular formula is C13H17ClN2O3. The minimum absolute atomic E-state index is 0.0107. The zero-order chi connectivity index (χ0) is 14.6. The number of aliphatic carboxylic acids is 1. The summed E-state index contributed by atoms with van der Waals surface area (Å²) in [5.74, 6) is -1.32. The zero-order valence-corrected chi connectivity index (χ0v) is 11.6. The summed E-state index contributed by atoms with van der Waals surface area (Å²) in [4.78, 5) is 22.8. The van der Waals surface area contributed by atoms with Crippen molar-refractivity contribution in [1.29, 1.82) is 0 Å². The Labute approximate surface area is 116 Å². The highest BCUT2D eigenvalue weighted by Crippen LogP contribution is 2.17. The van der Waals surface area contributed by atoms with Gasteiger partial charge in [0, 0.05) is 22.3 Å². The van der Waals surface area contributed by atoms with Crippen molar-refractivity contribution in [2.75, 3.05) is 5.73 Å². The lowest BCUT2D eigenvalue weighted by molar-refractivity contribution is -0.137. The molecule has 0 spiro atoms. The van der Waals surface area contributed by atoms with Crippen LogP contribution in [-0.2, 0) is 4.79 Å². The number of carbonyl (C=O) groups excluding carboxylic acids is 1. The van der Waals surface area contributed by atoms with Gasteiger partial charge in [-0.25, -0.2) is 0 Å². The molecule has 0 aliphatic heterocycles. The molecule has 19 heavy (non-hydrogen) atoms. The van der Waals surface area contributed by atoms with Gasteiger partial charge in [0.05, 0.1) is 6.42 Å². The first kappa shape index (κ1) is 15.3. The third kappa shape index (κ3) is 4.79.